The molecule has 0 atom stereocenters. The third-order valence-corrected chi connectivity index (χ3v) is 6.64. The molecule has 12 nitrogen and oxygen atoms in total. The molecule has 4 aromatic carbocycles. The van der Waals surface area contributed by atoms with Crippen LogP contribution in [0.5, 0.6) is 23.0 Å². The van der Waals surface area contributed by atoms with Gasteiger partial charge in [-0.15, -0.1) is 0 Å². The number of carbonyl (C=O) groups is 2. The largest absolute Gasteiger partial charge is 0.617 e. The van der Waals surface area contributed by atoms with Crippen LogP contribution in [0.2, 0.25) is 0 Å². The van der Waals surface area contributed by atoms with Gasteiger partial charge in [-0.25, -0.2) is 0 Å². The smallest absolute Gasteiger partial charge is 0.292 e. The molecule has 0 unspecified atom stereocenters. The van der Waals surface area contributed by atoms with Crippen LogP contribution in [0.3, 0.4) is 0 Å². The summed E-state index contributed by atoms with van der Waals surface area (Å²) in [6, 6.07) is 18.4. The molecule has 5 aromatic rings. The molecule has 7 rings (SSSR count). The van der Waals surface area contributed by atoms with E-state index in [9.17, 15) is 20.0 Å². The molecule has 0 bridgehead atoms. The Labute approximate surface area is 225 Å². The molecule has 0 saturated heterocycles. The van der Waals surface area contributed by atoms with Gasteiger partial charge in [0, 0.05) is 35.4 Å². The zero-order valence-corrected chi connectivity index (χ0v) is 20.5. The molecule has 198 valence electrons. The van der Waals surface area contributed by atoms with Crippen LogP contribution in [-0.4, -0.2) is 25.4 Å². The van der Waals surface area contributed by atoms with E-state index in [4.69, 9.17) is 18.9 Å². The summed E-state index contributed by atoms with van der Waals surface area (Å²) in [6.45, 7) is 0.0988. The number of para-hydroxylation sites is 2. The Balaban J connectivity index is 1.32. The Morgan fingerprint density at radius 2 is 1.00 bits per heavy atom. The maximum absolute atomic E-state index is 13.2. The van der Waals surface area contributed by atoms with Crippen LogP contribution in [0, 0.1) is 10.4 Å². The summed E-state index contributed by atoms with van der Waals surface area (Å²) >= 11 is 0. The van der Waals surface area contributed by atoms with Crippen molar-refractivity contribution < 1.29 is 38.0 Å². The van der Waals surface area contributed by atoms with Gasteiger partial charge in [-0.05, 0) is 36.4 Å². The van der Waals surface area contributed by atoms with Gasteiger partial charge in [-0.3, -0.25) is 9.59 Å². The van der Waals surface area contributed by atoms with Crippen molar-refractivity contribution in [3.8, 4) is 23.0 Å². The van der Waals surface area contributed by atoms with Crippen LogP contribution in [0.25, 0.3) is 22.1 Å². The second-order valence-corrected chi connectivity index (χ2v) is 9.01. The van der Waals surface area contributed by atoms with Gasteiger partial charge in [0.05, 0.1) is 11.4 Å². The molecule has 0 saturated carbocycles. The second kappa shape index (κ2) is 8.91. The number of nitrogens with one attached hydrogen (secondary N) is 2. The molecular formula is C28H18N4O8. The minimum atomic E-state index is -0.538. The molecule has 2 N–H and O–H groups in total. The highest BCUT2D eigenvalue weighted by molar-refractivity contribution is 6.11. The fraction of sp³-hybridized carbons (Fsp3) is 0.0714. The standard InChI is InChI=1S/C28H18N4O8/c33-27(15-5-7-23-25(9-15)39-13-37-23)29-17-11-21-22(32(36)20-4-2-1-3-19(20)31(21)35)12-18(17)30-28(34)16-6-8-24-26(10-16)40-14-38-24/h1-12H,13-14H2,(H,29,33)(H,30,34). The summed E-state index contributed by atoms with van der Waals surface area (Å²) in [5.74, 6) is 0.780. The Hall–Kier alpha value is -5.78. The number of ether oxygens (including phenoxy) is 4. The lowest BCUT2D eigenvalue weighted by Crippen LogP contribution is -2.39. The van der Waals surface area contributed by atoms with E-state index < -0.39 is 11.8 Å². The van der Waals surface area contributed by atoms with Gasteiger partial charge < -0.3 is 40.0 Å². The predicted octanol–water partition coefficient (Wildman–Crippen LogP) is 3.22. The van der Waals surface area contributed by atoms with Gasteiger partial charge >= 0.3 is 0 Å². The van der Waals surface area contributed by atoms with E-state index in [1.165, 1.54) is 36.4 Å². The van der Waals surface area contributed by atoms with E-state index in [2.05, 4.69) is 10.6 Å². The second-order valence-electron chi connectivity index (χ2n) is 9.01. The Morgan fingerprint density at radius 1 is 0.575 bits per heavy atom. The van der Waals surface area contributed by atoms with Gasteiger partial charge in [0.2, 0.25) is 13.6 Å². The topological polar surface area (TPSA) is 149 Å². The van der Waals surface area contributed by atoms with Crippen molar-refractivity contribution in [2.24, 2.45) is 0 Å². The van der Waals surface area contributed by atoms with Crippen molar-refractivity contribution in [3.63, 3.8) is 0 Å². The first-order chi connectivity index (χ1) is 19.5. The first-order valence-electron chi connectivity index (χ1n) is 12.1. The molecule has 2 aliphatic rings. The number of anilines is 2. The quantitative estimate of drug-likeness (QED) is 0.201. The number of aromatic nitrogens is 2. The number of carbonyl (C=O) groups excluding carboxylic acids is 2. The van der Waals surface area contributed by atoms with Gasteiger partial charge in [0.15, 0.2) is 23.0 Å². The number of hydrogen-bond donors (Lipinski definition) is 2. The molecule has 2 amide bonds. The highest BCUT2D eigenvalue weighted by Gasteiger charge is 2.26. The maximum Gasteiger partial charge on any atom is 0.292 e. The molecule has 3 heterocycles. The minimum absolute atomic E-state index is 0.00392. The number of benzene rings is 4. The number of amides is 2. The fourth-order valence-electron chi connectivity index (χ4n) is 4.64. The first kappa shape index (κ1) is 23.3. The van der Waals surface area contributed by atoms with Crippen molar-refractivity contribution >= 4 is 45.3 Å². The van der Waals surface area contributed by atoms with Crippen molar-refractivity contribution in [1.82, 2.24) is 0 Å². The third kappa shape index (κ3) is 3.77. The summed E-state index contributed by atoms with van der Waals surface area (Å²) in [7, 11) is 0. The lowest BCUT2D eigenvalue weighted by Gasteiger charge is -2.15. The van der Waals surface area contributed by atoms with E-state index in [1.54, 1.807) is 36.4 Å². The van der Waals surface area contributed by atoms with Crippen LogP contribution < -0.4 is 39.0 Å². The average molecular weight is 538 g/mol. The van der Waals surface area contributed by atoms with E-state index in [1.807, 2.05) is 0 Å². The molecule has 0 fully saturated rings. The van der Waals surface area contributed by atoms with Crippen LogP contribution in [0.4, 0.5) is 11.4 Å². The first-order valence-corrected chi connectivity index (χ1v) is 12.1. The third-order valence-electron chi connectivity index (χ3n) is 6.64. The van der Waals surface area contributed by atoms with Crippen LogP contribution in [-0.2, 0) is 0 Å². The summed E-state index contributed by atoms with van der Waals surface area (Å²) in [4.78, 5) is 26.5. The number of rotatable bonds is 4. The normalized spacial score (nSPS) is 13.0. The lowest BCUT2D eigenvalue weighted by molar-refractivity contribution is -0.591. The van der Waals surface area contributed by atoms with Crippen LogP contribution in [0.1, 0.15) is 20.7 Å². The molecule has 40 heavy (non-hydrogen) atoms. The molecule has 2 aliphatic heterocycles. The molecular weight excluding hydrogens is 520 g/mol. The van der Waals surface area contributed by atoms with Crippen molar-refractivity contribution in [2.75, 3.05) is 24.2 Å². The number of hydrogen-bond acceptors (Lipinski definition) is 8. The van der Waals surface area contributed by atoms with Crippen molar-refractivity contribution in [2.45, 2.75) is 0 Å². The molecule has 12 heteroatoms. The van der Waals surface area contributed by atoms with Crippen molar-refractivity contribution in [1.29, 1.82) is 0 Å². The average Bonchev–Trinajstić information content (AvgIpc) is 3.65. The highest BCUT2D eigenvalue weighted by Crippen LogP contribution is 2.35. The zero-order valence-electron chi connectivity index (χ0n) is 20.5. The van der Waals surface area contributed by atoms with Gasteiger partial charge in [0.1, 0.15) is 0 Å². The van der Waals surface area contributed by atoms with E-state index in [-0.39, 0.29) is 58.2 Å². The molecule has 1 aromatic heterocycles. The minimum Gasteiger partial charge on any atom is -0.617 e. The molecule has 0 radical (unpaired) electrons. The van der Waals surface area contributed by atoms with Crippen molar-refractivity contribution in [3.05, 3.63) is 94.3 Å². The predicted molar refractivity (Wildman–Crippen MR) is 140 cm³/mol. The monoisotopic (exact) mass is 538 g/mol. The Morgan fingerprint density at radius 3 is 1.45 bits per heavy atom. The number of nitrogens with zero attached hydrogens (tertiary/aromatic N) is 2. The summed E-state index contributed by atoms with van der Waals surface area (Å²) < 4.78 is 22.6. The van der Waals surface area contributed by atoms with E-state index in [0.29, 0.717) is 32.5 Å². The lowest BCUT2D eigenvalue weighted by atomic mass is 10.1. The van der Waals surface area contributed by atoms with Crippen LogP contribution in [0.15, 0.2) is 72.8 Å². The Bertz CT molecular complexity index is 1760. The maximum atomic E-state index is 13.2. The molecule has 0 aliphatic carbocycles. The highest BCUT2D eigenvalue weighted by atomic mass is 16.7. The van der Waals surface area contributed by atoms with E-state index >= 15 is 0 Å². The summed E-state index contributed by atoms with van der Waals surface area (Å²) in [6.07, 6.45) is 0. The van der Waals surface area contributed by atoms with Gasteiger partial charge in [-0.1, -0.05) is 12.1 Å². The molecule has 0 spiro atoms. The zero-order chi connectivity index (χ0) is 27.4. The van der Waals surface area contributed by atoms with E-state index in [0.717, 1.165) is 0 Å². The van der Waals surface area contributed by atoms with Gasteiger partial charge in [-0.2, -0.15) is 9.46 Å². The summed E-state index contributed by atoms with van der Waals surface area (Å²) in [5.41, 5.74) is 1.000. The SMILES string of the molecule is O=C(Nc1cc2c(cc1NC(=O)c1ccc3c(c1)OCO3)[n+]([O-])c1ccccc1[n+]2[O-])c1ccc2c(c1)OCO2. The Kier molecular flexibility index (Phi) is 5.20. The fourth-order valence-corrected chi connectivity index (χ4v) is 4.64. The number of fused-ring (bicyclic) bond motifs is 4. The van der Waals surface area contributed by atoms with Crippen LogP contribution >= 0.6 is 0 Å². The summed E-state index contributed by atoms with van der Waals surface area (Å²) in [5, 5.41) is 32.0. The van der Waals surface area contributed by atoms with Gasteiger partial charge in [0.25, 0.3) is 33.9 Å².